The summed E-state index contributed by atoms with van der Waals surface area (Å²) in [6.45, 7) is 1.65. The molecule has 1 heterocycles. The lowest BCUT2D eigenvalue weighted by Gasteiger charge is -1.98. The molecule has 0 aliphatic carbocycles. The minimum atomic E-state index is -0.425. The highest BCUT2D eigenvalue weighted by Crippen LogP contribution is 2.31. The van der Waals surface area contributed by atoms with Crippen LogP contribution in [0.25, 0.3) is 10.4 Å². The van der Waals surface area contributed by atoms with Crippen LogP contribution in [0.4, 0.5) is 4.39 Å². The van der Waals surface area contributed by atoms with Crippen LogP contribution in [0.2, 0.25) is 0 Å². The minimum Gasteiger partial charge on any atom is -0.391 e. The van der Waals surface area contributed by atoms with Crippen LogP contribution in [0, 0.1) is 6.92 Å². The number of thiophene rings is 1. The van der Waals surface area contributed by atoms with Gasteiger partial charge in [0.2, 0.25) is 0 Å². The molecule has 1 N–H and O–H groups in total. The van der Waals surface area contributed by atoms with Gasteiger partial charge in [0.05, 0.1) is 6.61 Å². The molecule has 0 amide bonds. The number of hydrogen-bond donors (Lipinski definition) is 1. The molecular formula is C13H13FOS. The molecule has 0 aliphatic rings. The van der Waals surface area contributed by atoms with Crippen LogP contribution >= 0.6 is 11.3 Å². The second-order valence-corrected chi connectivity index (χ2v) is 4.84. The largest absolute Gasteiger partial charge is 0.391 e. The van der Waals surface area contributed by atoms with E-state index >= 15 is 0 Å². The summed E-state index contributed by atoms with van der Waals surface area (Å²) in [5.74, 6) is 0. The Morgan fingerprint density at radius 2 is 1.94 bits per heavy atom. The third kappa shape index (κ3) is 2.15. The molecule has 0 unspecified atom stereocenters. The number of hydrogen-bond acceptors (Lipinski definition) is 2. The van der Waals surface area contributed by atoms with Crippen molar-refractivity contribution in [2.45, 2.75) is 20.2 Å². The quantitative estimate of drug-likeness (QED) is 0.861. The third-order valence-electron chi connectivity index (χ3n) is 2.56. The van der Waals surface area contributed by atoms with Gasteiger partial charge in [0.25, 0.3) is 0 Å². The number of benzene rings is 1. The first-order chi connectivity index (χ1) is 7.74. The Balaban J connectivity index is 2.34. The van der Waals surface area contributed by atoms with Gasteiger partial charge in [-0.15, -0.1) is 11.3 Å². The van der Waals surface area contributed by atoms with Gasteiger partial charge in [-0.3, -0.25) is 0 Å². The normalized spacial score (nSPS) is 10.7. The van der Waals surface area contributed by atoms with Crippen molar-refractivity contribution in [3.8, 4) is 10.4 Å². The van der Waals surface area contributed by atoms with E-state index in [1.807, 2.05) is 19.1 Å². The first-order valence-electron chi connectivity index (χ1n) is 5.10. The zero-order chi connectivity index (χ0) is 11.5. The lowest BCUT2D eigenvalue weighted by atomic mass is 10.1. The van der Waals surface area contributed by atoms with E-state index in [0.29, 0.717) is 5.56 Å². The van der Waals surface area contributed by atoms with Crippen LogP contribution in [0.15, 0.2) is 30.3 Å². The van der Waals surface area contributed by atoms with E-state index < -0.39 is 6.67 Å². The molecule has 2 rings (SSSR count). The fourth-order valence-electron chi connectivity index (χ4n) is 1.58. The van der Waals surface area contributed by atoms with Crippen LogP contribution in [0.1, 0.15) is 16.0 Å². The van der Waals surface area contributed by atoms with E-state index in [-0.39, 0.29) is 6.61 Å². The van der Waals surface area contributed by atoms with E-state index in [4.69, 9.17) is 5.11 Å². The molecule has 0 bridgehead atoms. The minimum absolute atomic E-state index is 0.0824. The van der Waals surface area contributed by atoms with Crippen molar-refractivity contribution < 1.29 is 9.50 Å². The Labute approximate surface area is 98.2 Å². The molecule has 3 heteroatoms. The first kappa shape index (κ1) is 11.3. The van der Waals surface area contributed by atoms with Gasteiger partial charge in [0.1, 0.15) is 6.67 Å². The molecule has 0 atom stereocenters. The number of aryl methyl sites for hydroxylation is 1. The topological polar surface area (TPSA) is 20.2 Å². The van der Waals surface area contributed by atoms with E-state index in [1.165, 1.54) is 0 Å². The fraction of sp³-hybridized carbons (Fsp3) is 0.231. The molecule has 84 valence electrons. The van der Waals surface area contributed by atoms with Crippen molar-refractivity contribution in [2.75, 3.05) is 0 Å². The number of halogens is 1. The molecule has 1 nitrogen and oxygen atoms in total. The van der Waals surface area contributed by atoms with Crippen LogP contribution in [-0.4, -0.2) is 5.11 Å². The Hall–Kier alpha value is -1.19. The highest BCUT2D eigenvalue weighted by molar-refractivity contribution is 7.15. The Morgan fingerprint density at radius 1 is 1.25 bits per heavy atom. The Kier molecular flexibility index (Phi) is 3.36. The van der Waals surface area contributed by atoms with Gasteiger partial charge in [-0.05, 0) is 29.7 Å². The summed E-state index contributed by atoms with van der Waals surface area (Å²) in [4.78, 5) is 2.11. The van der Waals surface area contributed by atoms with Crippen molar-refractivity contribution in [2.24, 2.45) is 0 Å². The standard InChI is InChI=1S/C13H13FOS/c1-9-6-12(16-13(9)8-15)11-4-2-10(7-14)3-5-11/h2-6,15H,7-8H2,1H3. The third-order valence-corrected chi connectivity index (χ3v) is 3.83. The van der Waals surface area contributed by atoms with Crippen molar-refractivity contribution in [1.29, 1.82) is 0 Å². The number of rotatable bonds is 3. The maximum Gasteiger partial charge on any atom is 0.115 e. The predicted octanol–water partition coefficient (Wildman–Crippen LogP) is 3.69. The zero-order valence-electron chi connectivity index (χ0n) is 9.03. The summed E-state index contributed by atoms with van der Waals surface area (Å²) in [5, 5.41) is 9.12. The SMILES string of the molecule is Cc1cc(-c2ccc(CF)cc2)sc1CO. The lowest BCUT2D eigenvalue weighted by molar-refractivity contribution is 0.285. The summed E-state index contributed by atoms with van der Waals surface area (Å²) in [6, 6.07) is 9.48. The van der Waals surface area contributed by atoms with Crippen molar-refractivity contribution in [3.63, 3.8) is 0 Å². The predicted molar refractivity (Wildman–Crippen MR) is 65.2 cm³/mol. The lowest BCUT2D eigenvalue weighted by Crippen LogP contribution is -1.77. The second kappa shape index (κ2) is 4.76. The monoisotopic (exact) mass is 236 g/mol. The van der Waals surface area contributed by atoms with Gasteiger partial charge in [0.15, 0.2) is 0 Å². The van der Waals surface area contributed by atoms with E-state index in [0.717, 1.165) is 20.9 Å². The zero-order valence-corrected chi connectivity index (χ0v) is 9.85. The molecule has 0 saturated carbocycles. The Morgan fingerprint density at radius 3 is 2.44 bits per heavy atom. The van der Waals surface area contributed by atoms with E-state index in [2.05, 4.69) is 6.07 Å². The van der Waals surface area contributed by atoms with Crippen molar-refractivity contribution >= 4 is 11.3 Å². The van der Waals surface area contributed by atoms with Gasteiger partial charge in [-0.25, -0.2) is 4.39 Å². The van der Waals surface area contributed by atoms with Crippen molar-refractivity contribution in [1.82, 2.24) is 0 Å². The number of aliphatic hydroxyl groups excluding tert-OH is 1. The van der Waals surface area contributed by atoms with Crippen LogP contribution in [0.3, 0.4) is 0 Å². The second-order valence-electron chi connectivity index (χ2n) is 3.71. The van der Waals surface area contributed by atoms with Gasteiger partial charge >= 0.3 is 0 Å². The molecule has 2 aromatic rings. The van der Waals surface area contributed by atoms with E-state index in [1.54, 1.807) is 23.5 Å². The molecule has 1 aromatic heterocycles. The smallest absolute Gasteiger partial charge is 0.115 e. The van der Waals surface area contributed by atoms with Gasteiger partial charge in [-0.2, -0.15) is 0 Å². The highest BCUT2D eigenvalue weighted by atomic mass is 32.1. The average molecular weight is 236 g/mol. The Bertz CT molecular complexity index is 473. The van der Waals surface area contributed by atoms with Crippen LogP contribution < -0.4 is 0 Å². The summed E-state index contributed by atoms with van der Waals surface area (Å²) >= 11 is 1.58. The van der Waals surface area contributed by atoms with Crippen LogP contribution in [-0.2, 0) is 13.3 Å². The average Bonchev–Trinajstić information content (AvgIpc) is 2.71. The van der Waals surface area contributed by atoms with Gasteiger partial charge < -0.3 is 5.11 Å². The van der Waals surface area contributed by atoms with Gasteiger partial charge in [0, 0.05) is 9.75 Å². The number of alkyl halides is 1. The number of aliphatic hydroxyl groups is 1. The first-order valence-corrected chi connectivity index (χ1v) is 5.91. The summed E-state index contributed by atoms with van der Waals surface area (Å²) in [7, 11) is 0. The summed E-state index contributed by atoms with van der Waals surface area (Å²) < 4.78 is 12.4. The maximum atomic E-state index is 12.4. The molecule has 0 saturated heterocycles. The molecule has 0 aliphatic heterocycles. The van der Waals surface area contributed by atoms with Gasteiger partial charge in [-0.1, -0.05) is 24.3 Å². The summed E-state index contributed by atoms with van der Waals surface area (Å²) in [5.41, 5.74) is 2.88. The summed E-state index contributed by atoms with van der Waals surface area (Å²) in [6.07, 6.45) is 0. The molecule has 16 heavy (non-hydrogen) atoms. The molecule has 0 spiro atoms. The van der Waals surface area contributed by atoms with Crippen LogP contribution in [0.5, 0.6) is 0 Å². The molecule has 0 fully saturated rings. The molecule has 1 aromatic carbocycles. The van der Waals surface area contributed by atoms with E-state index in [9.17, 15) is 4.39 Å². The molecular weight excluding hydrogens is 223 g/mol. The van der Waals surface area contributed by atoms with Crippen molar-refractivity contribution in [3.05, 3.63) is 46.3 Å². The molecule has 0 radical (unpaired) electrons. The highest BCUT2D eigenvalue weighted by Gasteiger charge is 2.06. The maximum absolute atomic E-state index is 12.4. The fourth-order valence-corrected chi connectivity index (χ4v) is 2.62.